The van der Waals surface area contributed by atoms with E-state index in [1.165, 1.54) is 11.8 Å². The highest BCUT2D eigenvalue weighted by Crippen LogP contribution is 2.29. The molecule has 1 aliphatic rings. The third kappa shape index (κ3) is 4.48. The molecule has 0 radical (unpaired) electrons. The standard InChI is InChI=1S/C20H21ClN4O2S/c1-24-13-22-23-20(24)28-18-9-8-17(27-18)12-25-10-2-3-15(11-25)19(26)14-4-6-16(21)7-5-14/h4-9,13,15H,2-3,10-12H2,1H3/t15-/m0/s1. The Hall–Kier alpha value is -2.09. The highest BCUT2D eigenvalue weighted by molar-refractivity contribution is 7.99. The highest BCUT2D eigenvalue weighted by atomic mass is 35.5. The highest BCUT2D eigenvalue weighted by Gasteiger charge is 2.27. The Morgan fingerprint density at radius 3 is 2.86 bits per heavy atom. The van der Waals surface area contributed by atoms with Crippen LogP contribution in [0.15, 0.2) is 57.4 Å². The van der Waals surface area contributed by atoms with Gasteiger partial charge in [0.1, 0.15) is 12.1 Å². The van der Waals surface area contributed by atoms with Crippen LogP contribution in [0.1, 0.15) is 29.0 Å². The molecule has 0 bridgehead atoms. The number of ketones is 1. The molecule has 1 aromatic carbocycles. The van der Waals surface area contributed by atoms with Gasteiger partial charge < -0.3 is 8.98 Å². The molecule has 6 nitrogen and oxygen atoms in total. The molecule has 4 rings (SSSR count). The van der Waals surface area contributed by atoms with Crippen molar-refractivity contribution in [1.82, 2.24) is 19.7 Å². The fourth-order valence-corrected chi connectivity index (χ4v) is 4.31. The number of carbonyl (C=O) groups excluding carboxylic acids is 1. The van der Waals surface area contributed by atoms with Gasteiger partial charge in [0.15, 0.2) is 16.0 Å². The molecule has 2 aromatic heterocycles. The van der Waals surface area contributed by atoms with E-state index in [0.717, 1.165) is 47.5 Å². The van der Waals surface area contributed by atoms with Crippen LogP contribution in [0.5, 0.6) is 0 Å². The van der Waals surface area contributed by atoms with Crippen molar-refractivity contribution in [3.8, 4) is 0 Å². The van der Waals surface area contributed by atoms with Crippen molar-refractivity contribution in [3.63, 3.8) is 0 Å². The lowest BCUT2D eigenvalue weighted by Crippen LogP contribution is -2.38. The maximum absolute atomic E-state index is 12.8. The van der Waals surface area contributed by atoms with Crippen LogP contribution in [0.4, 0.5) is 0 Å². The summed E-state index contributed by atoms with van der Waals surface area (Å²) in [5.41, 5.74) is 0.733. The summed E-state index contributed by atoms with van der Waals surface area (Å²) in [4.78, 5) is 15.1. The van der Waals surface area contributed by atoms with E-state index in [2.05, 4.69) is 15.1 Å². The number of benzene rings is 1. The summed E-state index contributed by atoms with van der Waals surface area (Å²) in [5, 5.41) is 10.2. The first-order chi connectivity index (χ1) is 13.6. The molecule has 0 spiro atoms. The Labute approximate surface area is 172 Å². The van der Waals surface area contributed by atoms with E-state index in [4.69, 9.17) is 16.0 Å². The monoisotopic (exact) mass is 416 g/mol. The summed E-state index contributed by atoms with van der Waals surface area (Å²) in [6.45, 7) is 2.41. The van der Waals surface area contributed by atoms with E-state index < -0.39 is 0 Å². The quantitative estimate of drug-likeness (QED) is 0.558. The number of likely N-dealkylation sites (tertiary alicyclic amines) is 1. The largest absolute Gasteiger partial charge is 0.453 e. The number of aryl methyl sites for hydroxylation is 1. The van der Waals surface area contributed by atoms with E-state index in [1.807, 2.05) is 35.9 Å². The number of Topliss-reactive ketones (excluding diaryl/α,β-unsaturated/α-hetero) is 1. The number of nitrogens with zero attached hydrogens (tertiary/aromatic N) is 4. The number of hydrogen-bond donors (Lipinski definition) is 0. The Morgan fingerprint density at radius 2 is 2.11 bits per heavy atom. The lowest BCUT2D eigenvalue weighted by Gasteiger charge is -2.31. The molecular weight excluding hydrogens is 396 g/mol. The number of piperidine rings is 1. The molecule has 1 atom stereocenters. The van der Waals surface area contributed by atoms with Crippen molar-refractivity contribution < 1.29 is 9.21 Å². The lowest BCUT2D eigenvalue weighted by molar-refractivity contribution is 0.0801. The average Bonchev–Trinajstić information content (AvgIpc) is 3.31. The van der Waals surface area contributed by atoms with Crippen molar-refractivity contribution in [2.45, 2.75) is 29.6 Å². The zero-order valence-corrected chi connectivity index (χ0v) is 17.1. The summed E-state index contributed by atoms with van der Waals surface area (Å²) in [6.07, 6.45) is 3.59. The van der Waals surface area contributed by atoms with Crippen molar-refractivity contribution >= 4 is 29.1 Å². The third-order valence-corrected chi connectivity index (χ3v) is 6.11. The summed E-state index contributed by atoms with van der Waals surface area (Å²) in [6, 6.07) is 11.1. The summed E-state index contributed by atoms with van der Waals surface area (Å²) in [5.74, 6) is 1.10. The predicted octanol–water partition coefficient (Wildman–Crippen LogP) is 4.31. The Bertz CT molecular complexity index is 953. The second-order valence-electron chi connectivity index (χ2n) is 6.99. The second kappa shape index (κ2) is 8.51. The van der Waals surface area contributed by atoms with Gasteiger partial charge in [0.05, 0.1) is 6.54 Å². The van der Waals surface area contributed by atoms with E-state index >= 15 is 0 Å². The second-order valence-corrected chi connectivity index (χ2v) is 8.40. The maximum atomic E-state index is 12.8. The van der Waals surface area contributed by atoms with Gasteiger partial charge in [0.25, 0.3) is 0 Å². The Morgan fingerprint density at radius 1 is 1.29 bits per heavy atom. The summed E-state index contributed by atoms with van der Waals surface area (Å²) < 4.78 is 7.80. The molecule has 3 heterocycles. The van der Waals surface area contributed by atoms with Crippen LogP contribution in [0.3, 0.4) is 0 Å². The first kappa shape index (κ1) is 19.2. The number of carbonyl (C=O) groups is 1. The van der Waals surface area contributed by atoms with Crippen LogP contribution in [-0.4, -0.2) is 38.5 Å². The van der Waals surface area contributed by atoms with Gasteiger partial charge in [-0.05, 0) is 67.5 Å². The van der Waals surface area contributed by atoms with Gasteiger partial charge in [-0.25, -0.2) is 0 Å². The molecule has 0 amide bonds. The molecular formula is C20H21ClN4O2S. The van der Waals surface area contributed by atoms with Crippen molar-refractivity contribution in [2.24, 2.45) is 13.0 Å². The number of furan rings is 1. The average molecular weight is 417 g/mol. The number of hydrogen-bond acceptors (Lipinski definition) is 6. The van der Waals surface area contributed by atoms with Crippen molar-refractivity contribution in [1.29, 1.82) is 0 Å². The molecule has 0 saturated carbocycles. The van der Waals surface area contributed by atoms with E-state index in [0.29, 0.717) is 11.6 Å². The van der Waals surface area contributed by atoms with Crippen LogP contribution in [-0.2, 0) is 13.6 Å². The van der Waals surface area contributed by atoms with Gasteiger partial charge in [-0.3, -0.25) is 9.69 Å². The zero-order chi connectivity index (χ0) is 19.5. The predicted molar refractivity (Wildman–Crippen MR) is 108 cm³/mol. The minimum Gasteiger partial charge on any atom is -0.453 e. The first-order valence-electron chi connectivity index (χ1n) is 9.21. The molecule has 3 aromatic rings. The van der Waals surface area contributed by atoms with Crippen LogP contribution >= 0.6 is 23.4 Å². The minimum absolute atomic E-state index is 0.0115. The SMILES string of the molecule is Cn1cnnc1Sc1ccc(CN2CCC[C@H](C(=O)c3ccc(Cl)cc3)C2)o1. The summed E-state index contributed by atoms with van der Waals surface area (Å²) >= 11 is 7.38. The molecule has 1 aliphatic heterocycles. The van der Waals surface area contributed by atoms with Crippen molar-refractivity contribution in [3.05, 3.63) is 59.1 Å². The fourth-order valence-electron chi connectivity index (χ4n) is 3.44. The van der Waals surface area contributed by atoms with E-state index in [1.54, 1.807) is 18.5 Å². The Kier molecular flexibility index (Phi) is 5.85. The van der Waals surface area contributed by atoms with Gasteiger partial charge in [-0.15, -0.1) is 10.2 Å². The van der Waals surface area contributed by atoms with Crippen LogP contribution in [0, 0.1) is 5.92 Å². The summed E-state index contributed by atoms with van der Waals surface area (Å²) in [7, 11) is 1.90. The lowest BCUT2D eigenvalue weighted by atomic mass is 9.90. The van der Waals surface area contributed by atoms with Gasteiger partial charge in [-0.1, -0.05) is 11.6 Å². The minimum atomic E-state index is 0.0115. The van der Waals surface area contributed by atoms with Crippen LogP contribution < -0.4 is 0 Å². The normalized spacial score (nSPS) is 17.7. The van der Waals surface area contributed by atoms with Crippen LogP contribution in [0.2, 0.25) is 5.02 Å². The van der Waals surface area contributed by atoms with Gasteiger partial charge in [0.2, 0.25) is 0 Å². The molecule has 1 saturated heterocycles. The molecule has 0 unspecified atom stereocenters. The maximum Gasteiger partial charge on any atom is 0.198 e. The van der Waals surface area contributed by atoms with E-state index in [-0.39, 0.29) is 11.7 Å². The number of rotatable bonds is 6. The van der Waals surface area contributed by atoms with Crippen molar-refractivity contribution in [2.75, 3.05) is 13.1 Å². The molecule has 8 heteroatoms. The fraction of sp³-hybridized carbons (Fsp3) is 0.350. The molecule has 28 heavy (non-hydrogen) atoms. The molecule has 0 N–H and O–H groups in total. The smallest absolute Gasteiger partial charge is 0.198 e. The number of halogens is 1. The Balaban J connectivity index is 1.37. The number of aromatic nitrogens is 3. The topological polar surface area (TPSA) is 64.2 Å². The van der Waals surface area contributed by atoms with Gasteiger partial charge in [-0.2, -0.15) is 0 Å². The van der Waals surface area contributed by atoms with E-state index in [9.17, 15) is 4.79 Å². The molecule has 146 valence electrons. The zero-order valence-electron chi connectivity index (χ0n) is 15.5. The first-order valence-corrected chi connectivity index (χ1v) is 10.4. The molecule has 1 fully saturated rings. The van der Waals surface area contributed by atoms with Gasteiger partial charge in [0, 0.05) is 30.1 Å². The van der Waals surface area contributed by atoms with Gasteiger partial charge >= 0.3 is 0 Å². The van der Waals surface area contributed by atoms with Crippen LogP contribution in [0.25, 0.3) is 0 Å². The molecule has 0 aliphatic carbocycles. The third-order valence-electron chi connectivity index (χ3n) is 4.88.